The molecule has 3 rings (SSSR count). The van der Waals surface area contributed by atoms with Gasteiger partial charge in [0.05, 0.1) is 14.2 Å². The Hall–Kier alpha value is -2.73. The van der Waals surface area contributed by atoms with E-state index in [2.05, 4.69) is 4.98 Å². The molecule has 26 heavy (non-hydrogen) atoms. The van der Waals surface area contributed by atoms with E-state index in [1.54, 1.807) is 0 Å². The predicted octanol–water partition coefficient (Wildman–Crippen LogP) is 3.83. The van der Waals surface area contributed by atoms with Gasteiger partial charge in [-0.1, -0.05) is 36.4 Å². The highest BCUT2D eigenvalue weighted by molar-refractivity contribution is 8.00. The van der Waals surface area contributed by atoms with Crippen LogP contribution in [0.1, 0.15) is 16.1 Å². The van der Waals surface area contributed by atoms with Gasteiger partial charge in [0, 0.05) is 15.8 Å². The summed E-state index contributed by atoms with van der Waals surface area (Å²) in [6.07, 6.45) is 0.348. The van der Waals surface area contributed by atoms with E-state index in [1.165, 1.54) is 26.0 Å². The van der Waals surface area contributed by atoms with Gasteiger partial charge >= 0.3 is 11.9 Å². The van der Waals surface area contributed by atoms with Gasteiger partial charge in [0.25, 0.3) is 0 Å². The van der Waals surface area contributed by atoms with E-state index < -0.39 is 11.2 Å². The van der Waals surface area contributed by atoms with Crippen molar-refractivity contribution in [3.05, 3.63) is 65.9 Å². The van der Waals surface area contributed by atoms with E-state index >= 15 is 0 Å². The number of esters is 2. The number of benzene rings is 2. The summed E-state index contributed by atoms with van der Waals surface area (Å²) < 4.78 is 9.89. The number of methoxy groups -OCH3 is 2. The van der Waals surface area contributed by atoms with Crippen LogP contribution in [0.25, 0.3) is 10.9 Å². The fourth-order valence-electron chi connectivity index (χ4n) is 2.84. The number of nitrogens with one attached hydrogen (secondary N) is 1. The first-order chi connectivity index (χ1) is 12.6. The van der Waals surface area contributed by atoms with Crippen molar-refractivity contribution in [3.8, 4) is 0 Å². The summed E-state index contributed by atoms with van der Waals surface area (Å²) >= 11 is 1.42. The number of rotatable bonds is 6. The topological polar surface area (TPSA) is 68.4 Å². The summed E-state index contributed by atoms with van der Waals surface area (Å²) in [5.74, 6) is -0.788. The SMILES string of the molecule is COC(=O)c1[nH]c2ccccc2c1CC(Sc1ccccc1)C(=O)OC. The Morgan fingerprint density at radius 1 is 1.00 bits per heavy atom. The van der Waals surface area contributed by atoms with Crippen LogP contribution in [0, 0.1) is 0 Å². The van der Waals surface area contributed by atoms with Crippen LogP contribution in [0.5, 0.6) is 0 Å². The highest BCUT2D eigenvalue weighted by atomic mass is 32.2. The summed E-state index contributed by atoms with van der Waals surface area (Å²) in [7, 11) is 2.71. The molecule has 5 nitrogen and oxygen atoms in total. The average molecular weight is 369 g/mol. The third kappa shape index (κ3) is 3.75. The first kappa shape index (κ1) is 18.1. The van der Waals surface area contributed by atoms with Crippen LogP contribution in [0.2, 0.25) is 0 Å². The monoisotopic (exact) mass is 369 g/mol. The van der Waals surface area contributed by atoms with Gasteiger partial charge in [-0.25, -0.2) is 4.79 Å². The Morgan fingerprint density at radius 3 is 2.38 bits per heavy atom. The van der Waals surface area contributed by atoms with Crippen LogP contribution in [-0.2, 0) is 20.7 Å². The molecule has 1 heterocycles. The Bertz CT molecular complexity index is 920. The molecule has 6 heteroatoms. The van der Waals surface area contributed by atoms with Gasteiger partial charge in [-0.3, -0.25) is 4.79 Å². The zero-order valence-electron chi connectivity index (χ0n) is 14.5. The maximum Gasteiger partial charge on any atom is 0.354 e. The zero-order chi connectivity index (χ0) is 18.5. The summed E-state index contributed by atoms with van der Waals surface area (Å²) in [5.41, 5.74) is 1.96. The lowest BCUT2D eigenvalue weighted by Crippen LogP contribution is -2.22. The number of hydrogen-bond acceptors (Lipinski definition) is 5. The lowest BCUT2D eigenvalue weighted by atomic mass is 10.1. The summed E-state index contributed by atoms with van der Waals surface area (Å²) in [4.78, 5) is 28.6. The molecule has 2 aromatic carbocycles. The van der Waals surface area contributed by atoms with Gasteiger partial charge in [0.15, 0.2) is 0 Å². The molecule has 1 aromatic heterocycles. The van der Waals surface area contributed by atoms with Gasteiger partial charge in [-0.05, 0) is 30.2 Å². The first-order valence-corrected chi connectivity index (χ1v) is 8.99. The molecule has 134 valence electrons. The van der Waals surface area contributed by atoms with Gasteiger partial charge in [0.2, 0.25) is 0 Å². The number of ether oxygens (including phenoxy) is 2. The quantitative estimate of drug-likeness (QED) is 0.528. The second kappa shape index (κ2) is 8.10. The van der Waals surface area contributed by atoms with Crippen molar-refractivity contribution in [2.45, 2.75) is 16.6 Å². The normalized spacial score (nSPS) is 11.9. The van der Waals surface area contributed by atoms with E-state index in [-0.39, 0.29) is 5.97 Å². The van der Waals surface area contributed by atoms with Crippen molar-refractivity contribution in [3.63, 3.8) is 0 Å². The second-order valence-electron chi connectivity index (χ2n) is 5.66. The van der Waals surface area contributed by atoms with E-state index in [9.17, 15) is 9.59 Å². The molecule has 0 aliphatic heterocycles. The van der Waals surface area contributed by atoms with Crippen LogP contribution < -0.4 is 0 Å². The van der Waals surface area contributed by atoms with Crippen molar-refractivity contribution in [1.29, 1.82) is 0 Å². The molecule has 0 amide bonds. The molecule has 0 bridgehead atoms. The second-order valence-corrected chi connectivity index (χ2v) is 6.94. The van der Waals surface area contributed by atoms with Gasteiger partial charge in [-0.2, -0.15) is 0 Å². The van der Waals surface area contributed by atoms with E-state index in [4.69, 9.17) is 9.47 Å². The third-order valence-corrected chi connectivity index (χ3v) is 5.27. The number of para-hydroxylation sites is 1. The minimum absolute atomic E-state index is 0.333. The number of carbonyl (C=O) groups excluding carboxylic acids is 2. The molecular formula is C20H19NO4S. The molecule has 0 spiro atoms. The summed E-state index contributed by atoms with van der Waals surface area (Å²) in [6, 6.07) is 17.3. The van der Waals surface area contributed by atoms with E-state index in [1.807, 2.05) is 54.6 Å². The zero-order valence-corrected chi connectivity index (χ0v) is 15.3. The maximum absolute atomic E-state index is 12.4. The molecule has 0 aliphatic carbocycles. The number of thioether (sulfide) groups is 1. The van der Waals surface area contributed by atoms with E-state index in [0.29, 0.717) is 12.1 Å². The summed E-state index contributed by atoms with van der Waals surface area (Å²) in [5, 5.41) is 0.417. The van der Waals surface area contributed by atoms with Gasteiger partial charge in [-0.15, -0.1) is 11.8 Å². The van der Waals surface area contributed by atoms with Crippen molar-refractivity contribution in [1.82, 2.24) is 4.98 Å². The van der Waals surface area contributed by atoms with Crippen molar-refractivity contribution < 1.29 is 19.1 Å². The van der Waals surface area contributed by atoms with Crippen molar-refractivity contribution in [2.24, 2.45) is 0 Å². The molecule has 1 atom stereocenters. The molecule has 3 aromatic rings. The Kier molecular flexibility index (Phi) is 5.63. The molecule has 0 aliphatic rings. The number of fused-ring (bicyclic) bond motifs is 1. The number of aromatic amines is 1. The van der Waals surface area contributed by atoms with E-state index in [0.717, 1.165) is 21.4 Å². The smallest absolute Gasteiger partial charge is 0.354 e. The minimum Gasteiger partial charge on any atom is -0.468 e. The molecular weight excluding hydrogens is 350 g/mol. The van der Waals surface area contributed by atoms with Crippen molar-refractivity contribution >= 4 is 34.6 Å². The highest BCUT2D eigenvalue weighted by Crippen LogP contribution is 2.31. The molecule has 0 saturated carbocycles. The number of carbonyl (C=O) groups is 2. The highest BCUT2D eigenvalue weighted by Gasteiger charge is 2.26. The standard InChI is InChI=1S/C20H19NO4S/c1-24-19(22)17(26-13-8-4-3-5-9-13)12-15-14-10-6-7-11-16(14)21-18(15)20(23)25-2/h3-11,17,21H,12H2,1-2H3. The molecule has 0 fully saturated rings. The van der Waals surface area contributed by atoms with Crippen LogP contribution in [0.4, 0.5) is 0 Å². The molecule has 1 unspecified atom stereocenters. The largest absolute Gasteiger partial charge is 0.468 e. The van der Waals surface area contributed by atoms with Crippen LogP contribution >= 0.6 is 11.8 Å². The number of H-pyrrole nitrogens is 1. The van der Waals surface area contributed by atoms with Crippen LogP contribution in [-0.4, -0.2) is 36.4 Å². The minimum atomic E-state index is -0.481. The fourth-order valence-corrected chi connectivity index (χ4v) is 3.93. The lowest BCUT2D eigenvalue weighted by molar-refractivity contribution is -0.139. The Labute approximate surface area is 155 Å². The maximum atomic E-state index is 12.4. The van der Waals surface area contributed by atoms with Gasteiger partial charge in [0.1, 0.15) is 10.9 Å². The molecule has 1 N–H and O–H groups in total. The summed E-state index contributed by atoms with van der Waals surface area (Å²) in [6.45, 7) is 0. The van der Waals surface area contributed by atoms with Crippen molar-refractivity contribution in [2.75, 3.05) is 14.2 Å². The molecule has 0 radical (unpaired) electrons. The Morgan fingerprint density at radius 2 is 1.69 bits per heavy atom. The van der Waals surface area contributed by atoms with Gasteiger partial charge < -0.3 is 14.5 Å². The van der Waals surface area contributed by atoms with Crippen LogP contribution in [0.3, 0.4) is 0 Å². The number of hydrogen-bond donors (Lipinski definition) is 1. The average Bonchev–Trinajstić information content (AvgIpc) is 3.05. The first-order valence-electron chi connectivity index (χ1n) is 8.11. The molecule has 0 saturated heterocycles. The fraction of sp³-hybridized carbons (Fsp3) is 0.200. The van der Waals surface area contributed by atoms with Crippen LogP contribution in [0.15, 0.2) is 59.5 Å². The predicted molar refractivity (Wildman–Crippen MR) is 101 cm³/mol. The Balaban J connectivity index is 2.00. The third-order valence-electron chi connectivity index (χ3n) is 4.08. The number of aromatic nitrogens is 1. The lowest BCUT2D eigenvalue weighted by Gasteiger charge is -2.15.